The topological polar surface area (TPSA) is 26.3 Å². The molecule has 0 bridgehead atoms. The van der Waals surface area contributed by atoms with Crippen LogP contribution in [0.2, 0.25) is 0 Å². The Balaban J connectivity index is 1.94. The fourth-order valence-corrected chi connectivity index (χ4v) is 3.69. The SMILES string of the molecule is CC1(C)COc2ccc(C(=O)C3CCCC3(C)C)cc21. The average molecular weight is 272 g/mol. The van der Waals surface area contributed by atoms with Gasteiger partial charge in [0.15, 0.2) is 5.78 Å². The molecule has 1 aliphatic heterocycles. The first kappa shape index (κ1) is 13.7. The highest BCUT2D eigenvalue weighted by atomic mass is 16.5. The van der Waals surface area contributed by atoms with Gasteiger partial charge < -0.3 is 4.74 Å². The lowest BCUT2D eigenvalue weighted by molar-refractivity contribution is 0.0839. The predicted octanol–water partition coefficient (Wildman–Crippen LogP) is 4.37. The van der Waals surface area contributed by atoms with Gasteiger partial charge in [-0.05, 0) is 36.5 Å². The van der Waals surface area contributed by atoms with Crippen molar-refractivity contribution in [1.82, 2.24) is 0 Å². The first-order valence-electron chi connectivity index (χ1n) is 7.63. The standard InChI is InChI=1S/C18H24O2/c1-17(2)9-5-6-13(17)16(19)12-7-8-15-14(10-12)18(3,4)11-20-15/h7-8,10,13H,5-6,9,11H2,1-4H3. The van der Waals surface area contributed by atoms with Gasteiger partial charge in [-0.15, -0.1) is 0 Å². The van der Waals surface area contributed by atoms with Crippen LogP contribution in [0, 0.1) is 11.3 Å². The van der Waals surface area contributed by atoms with Crippen molar-refractivity contribution in [3.8, 4) is 5.75 Å². The zero-order valence-corrected chi connectivity index (χ0v) is 13.0. The van der Waals surface area contributed by atoms with Crippen LogP contribution >= 0.6 is 0 Å². The highest BCUT2D eigenvalue weighted by Gasteiger charge is 2.40. The molecule has 108 valence electrons. The Morgan fingerprint density at radius 2 is 2.00 bits per heavy atom. The molecule has 1 fully saturated rings. The summed E-state index contributed by atoms with van der Waals surface area (Å²) in [6, 6.07) is 5.98. The highest BCUT2D eigenvalue weighted by molar-refractivity contribution is 5.99. The second-order valence-electron chi connectivity index (χ2n) is 7.68. The zero-order valence-electron chi connectivity index (χ0n) is 13.0. The van der Waals surface area contributed by atoms with Gasteiger partial charge in [0, 0.05) is 22.5 Å². The Hall–Kier alpha value is -1.31. The first-order chi connectivity index (χ1) is 9.31. The van der Waals surface area contributed by atoms with Crippen LogP contribution in [0.15, 0.2) is 18.2 Å². The molecule has 1 aromatic carbocycles. The van der Waals surface area contributed by atoms with Gasteiger partial charge in [-0.3, -0.25) is 4.79 Å². The fourth-order valence-electron chi connectivity index (χ4n) is 3.69. The minimum Gasteiger partial charge on any atom is -0.492 e. The molecular formula is C18H24O2. The van der Waals surface area contributed by atoms with Gasteiger partial charge in [-0.2, -0.15) is 0 Å². The molecule has 1 saturated carbocycles. The number of ether oxygens (including phenoxy) is 1. The van der Waals surface area contributed by atoms with Crippen LogP contribution in [0.4, 0.5) is 0 Å². The van der Waals surface area contributed by atoms with Crippen molar-refractivity contribution >= 4 is 5.78 Å². The van der Waals surface area contributed by atoms with Crippen LogP contribution in [0.3, 0.4) is 0 Å². The van der Waals surface area contributed by atoms with Gasteiger partial charge in [-0.25, -0.2) is 0 Å². The maximum atomic E-state index is 12.8. The number of fused-ring (bicyclic) bond motifs is 1. The Kier molecular flexibility index (Phi) is 2.97. The summed E-state index contributed by atoms with van der Waals surface area (Å²) in [7, 11) is 0. The van der Waals surface area contributed by atoms with Crippen LogP contribution < -0.4 is 4.74 Å². The lowest BCUT2D eigenvalue weighted by Crippen LogP contribution is -2.26. The van der Waals surface area contributed by atoms with E-state index in [2.05, 4.69) is 33.8 Å². The van der Waals surface area contributed by atoms with Gasteiger partial charge in [0.2, 0.25) is 0 Å². The van der Waals surface area contributed by atoms with E-state index in [1.807, 2.05) is 12.1 Å². The Morgan fingerprint density at radius 1 is 1.25 bits per heavy atom. The quantitative estimate of drug-likeness (QED) is 0.747. The second kappa shape index (κ2) is 4.34. The van der Waals surface area contributed by atoms with E-state index in [-0.39, 0.29) is 16.7 Å². The molecule has 3 rings (SSSR count). The minimum absolute atomic E-state index is 0.0107. The molecular weight excluding hydrogens is 248 g/mol. The first-order valence-corrected chi connectivity index (χ1v) is 7.63. The third kappa shape index (κ3) is 2.06. The summed E-state index contributed by atoms with van der Waals surface area (Å²) in [5, 5.41) is 0. The number of carbonyl (C=O) groups excluding carboxylic acids is 1. The third-order valence-electron chi connectivity index (χ3n) is 5.16. The lowest BCUT2D eigenvalue weighted by Gasteiger charge is -2.26. The number of hydrogen-bond donors (Lipinski definition) is 0. The maximum absolute atomic E-state index is 12.8. The number of hydrogen-bond acceptors (Lipinski definition) is 2. The van der Waals surface area contributed by atoms with Crippen molar-refractivity contribution in [2.24, 2.45) is 11.3 Å². The van der Waals surface area contributed by atoms with Gasteiger partial charge in [0.05, 0.1) is 6.61 Å². The van der Waals surface area contributed by atoms with Crippen LogP contribution in [0.1, 0.15) is 62.9 Å². The Labute approximate surface area is 121 Å². The Morgan fingerprint density at radius 3 is 2.65 bits per heavy atom. The molecule has 0 amide bonds. The van der Waals surface area contributed by atoms with E-state index in [1.54, 1.807) is 0 Å². The average Bonchev–Trinajstić information content (AvgIpc) is 2.88. The van der Waals surface area contributed by atoms with Crippen LogP contribution in [0.25, 0.3) is 0 Å². The highest BCUT2D eigenvalue weighted by Crippen LogP contribution is 2.45. The molecule has 2 aliphatic rings. The molecule has 1 aliphatic carbocycles. The molecule has 0 radical (unpaired) electrons. The van der Waals surface area contributed by atoms with E-state index in [4.69, 9.17) is 4.74 Å². The molecule has 1 aromatic rings. The molecule has 0 N–H and O–H groups in total. The monoisotopic (exact) mass is 272 g/mol. The normalized spacial score (nSPS) is 26.1. The van der Waals surface area contributed by atoms with E-state index in [0.717, 1.165) is 24.2 Å². The van der Waals surface area contributed by atoms with Crippen LogP contribution in [0.5, 0.6) is 5.75 Å². The van der Waals surface area contributed by atoms with Gasteiger partial charge in [0.25, 0.3) is 0 Å². The van der Waals surface area contributed by atoms with Gasteiger partial charge in [0.1, 0.15) is 5.75 Å². The largest absolute Gasteiger partial charge is 0.492 e. The van der Waals surface area contributed by atoms with Gasteiger partial charge >= 0.3 is 0 Å². The Bertz CT molecular complexity index is 555. The predicted molar refractivity (Wildman–Crippen MR) is 80.4 cm³/mol. The molecule has 2 heteroatoms. The third-order valence-corrected chi connectivity index (χ3v) is 5.16. The summed E-state index contributed by atoms with van der Waals surface area (Å²) in [5.74, 6) is 1.43. The molecule has 2 nitrogen and oxygen atoms in total. The summed E-state index contributed by atoms with van der Waals surface area (Å²) < 4.78 is 5.70. The summed E-state index contributed by atoms with van der Waals surface area (Å²) >= 11 is 0. The molecule has 20 heavy (non-hydrogen) atoms. The van der Waals surface area contributed by atoms with Crippen molar-refractivity contribution in [2.75, 3.05) is 6.61 Å². The summed E-state index contributed by atoms with van der Waals surface area (Å²) in [4.78, 5) is 12.8. The van der Waals surface area contributed by atoms with E-state index in [0.29, 0.717) is 12.4 Å². The second-order valence-corrected chi connectivity index (χ2v) is 7.68. The van der Waals surface area contributed by atoms with Crippen molar-refractivity contribution in [3.05, 3.63) is 29.3 Å². The molecule has 0 spiro atoms. The number of rotatable bonds is 2. The zero-order chi connectivity index (χ0) is 14.5. The van der Waals surface area contributed by atoms with Crippen molar-refractivity contribution in [3.63, 3.8) is 0 Å². The lowest BCUT2D eigenvalue weighted by atomic mass is 9.77. The fraction of sp³-hybridized carbons (Fsp3) is 0.611. The van der Waals surface area contributed by atoms with E-state index in [9.17, 15) is 4.79 Å². The van der Waals surface area contributed by atoms with E-state index < -0.39 is 0 Å². The number of ketones is 1. The number of benzene rings is 1. The molecule has 1 atom stereocenters. The van der Waals surface area contributed by atoms with Crippen LogP contribution in [-0.4, -0.2) is 12.4 Å². The smallest absolute Gasteiger partial charge is 0.166 e. The van der Waals surface area contributed by atoms with Crippen molar-refractivity contribution < 1.29 is 9.53 Å². The maximum Gasteiger partial charge on any atom is 0.166 e. The van der Waals surface area contributed by atoms with Gasteiger partial charge in [-0.1, -0.05) is 34.1 Å². The van der Waals surface area contributed by atoms with E-state index >= 15 is 0 Å². The molecule has 0 saturated heterocycles. The summed E-state index contributed by atoms with van der Waals surface area (Å²) in [6.45, 7) is 9.50. The molecule has 0 aromatic heterocycles. The number of carbonyl (C=O) groups is 1. The van der Waals surface area contributed by atoms with E-state index in [1.165, 1.54) is 12.0 Å². The van der Waals surface area contributed by atoms with Crippen molar-refractivity contribution in [1.29, 1.82) is 0 Å². The van der Waals surface area contributed by atoms with Crippen LogP contribution in [-0.2, 0) is 5.41 Å². The number of Topliss-reactive ketones (excluding diaryl/α,β-unsaturated/α-hetero) is 1. The molecule has 1 unspecified atom stereocenters. The minimum atomic E-state index is 0.0107. The molecule has 1 heterocycles. The van der Waals surface area contributed by atoms with Crippen molar-refractivity contribution in [2.45, 2.75) is 52.4 Å². The summed E-state index contributed by atoms with van der Waals surface area (Å²) in [5.41, 5.74) is 2.19. The summed E-state index contributed by atoms with van der Waals surface area (Å²) in [6.07, 6.45) is 3.36.